The number of hydrogen-bond acceptors (Lipinski definition) is 3. The van der Waals surface area contributed by atoms with E-state index in [1.807, 2.05) is 0 Å². The molecule has 1 aliphatic heterocycles. The fraction of sp³-hybridized carbons (Fsp3) is 0.667. The molecular weight excluding hydrogens is 260 g/mol. The molecule has 0 bridgehead atoms. The summed E-state index contributed by atoms with van der Waals surface area (Å²) in [7, 11) is 0. The maximum absolute atomic E-state index is 9.12. The Morgan fingerprint density at radius 1 is 1.29 bits per heavy atom. The van der Waals surface area contributed by atoms with Crippen LogP contribution in [0.5, 0.6) is 0 Å². The lowest BCUT2D eigenvalue weighted by Gasteiger charge is -2.34. The standard InChI is InChI=1S/C18H30N2O/c1-3-18(19-4-2)16-7-9-17(10-8-16)20-12-5-6-15(14-20)11-13-21/h7-10,15,18-19,21H,3-6,11-14H2,1-2H3. The van der Waals surface area contributed by atoms with Crippen molar-refractivity contribution in [3.8, 4) is 0 Å². The average molecular weight is 290 g/mol. The van der Waals surface area contributed by atoms with Gasteiger partial charge in [0, 0.05) is 31.4 Å². The Balaban J connectivity index is 2.01. The van der Waals surface area contributed by atoms with Crippen LogP contribution in [0.25, 0.3) is 0 Å². The molecule has 21 heavy (non-hydrogen) atoms. The van der Waals surface area contributed by atoms with Crippen LogP contribution in [0.3, 0.4) is 0 Å². The highest BCUT2D eigenvalue weighted by molar-refractivity contribution is 5.48. The number of hydrogen-bond donors (Lipinski definition) is 2. The predicted octanol–water partition coefficient (Wildman–Crippen LogP) is 3.35. The predicted molar refractivity (Wildman–Crippen MR) is 89.8 cm³/mol. The second-order valence-corrected chi connectivity index (χ2v) is 6.08. The van der Waals surface area contributed by atoms with Gasteiger partial charge in [-0.3, -0.25) is 0 Å². The molecule has 1 saturated heterocycles. The van der Waals surface area contributed by atoms with E-state index in [-0.39, 0.29) is 0 Å². The van der Waals surface area contributed by atoms with Gasteiger partial charge >= 0.3 is 0 Å². The highest BCUT2D eigenvalue weighted by atomic mass is 16.3. The van der Waals surface area contributed by atoms with Gasteiger partial charge in [0.05, 0.1) is 0 Å². The van der Waals surface area contributed by atoms with E-state index < -0.39 is 0 Å². The zero-order valence-corrected chi connectivity index (χ0v) is 13.5. The number of anilines is 1. The van der Waals surface area contributed by atoms with Crippen molar-refractivity contribution in [3.63, 3.8) is 0 Å². The first-order valence-electron chi connectivity index (χ1n) is 8.47. The summed E-state index contributed by atoms with van der Waals surface area (Å²) in [6.07, 6.45) is 4.55. The lowest BCUT2D eigenvalue weighted by Crippen LogP contribution is -2.35. The SMILES string of the molecule is CCNC(CC)c1ccc(N2CCCC(CCO)C2)cc1. The van der Waals surface area contributed by atoms with Crippen molar-refractivity contribution in [2.75, 3.05) is 31.1 Å². The quantitative estimate of drug-likeness (QED) is 0.808. The number of nitrogens with one attached hydrogen (secondary N) is 1. The van der Waals surface area contributed by atoms with E-state index in [4.69, 9.17) is 5.11 Å². The minimum Gasteiger partial charge on any atom is -0.396 e. The van der Waals surface area contributed by atoms with Gasteiger partial charge in [-0.25, -0.2) is 0 Å². The van der Waals surface area contributed by atoms with Gasteiger partial charge in [0.15, 0.2) is 0 Å². The highest BCUT2D eigenvalue weighted by Gasteiger charge is 2.19. The minimum absolute atomic E-state index is 0.318. The van der Waals surface area contributed by atoms with Gasteiger partial charge in [-0.05, 0) is 55.8 Å². The molecule has 1 aliphatic rings. The molecule has 0 amide bonds. The molecule has 1 heterocycles. The van der Waals surface area contributed by atoms with Crippen molar-refractivity contribution in [2.45, 2.75) is 45.6 Å². The number of piperidine rings is 1. The molecule has 0 spiro atoms. The molecule has 2 atom stereocenters. The molecule has 0 aliphatic carbocycles. The van der Waals surface area contributed by atoms with Crippen LogP contribution < -0.4 is 10.2 Å². The monoisotopic (exact) mass is 290 g/mol. The van der Waals surface area contributed by atoms with Gasteiger partial charge < -0.3 is 15.3 Å². The largest absolute Gasteiger partial charge is 0.396 e. The molecule has 2 N–H and O–H groups in total. The number of benzene rings is 1. The van der Waals surface area contributed by atoms with Crippen LogP contribution in [0.4, 0.5) is 5.69 Å². The van der Waals surface area contributed by atoms with Crippen LogP contribution in [-0.4, -0.2) is 31.3 Å². The Morgan fingerprint density at radius 2 is 2.05 bits per heavy atom. The Morgan fingerprint density at radius 3 is 2.67 bits per heavy atom. The molecule has 0 aromatic heterocycles. The summed E-state index contributed by atoms with van der Waals surface area (Å²) in [4.78, 5) is 2.47. The first-order chi connectivity index (χ1) is 10.3. The van der Waals surface area contributed by atoms with Crippen molar-refractivity contribution in [1.29, 1.82) is 0 Å². The molecular formula is C18H30N2O. The molecule has 0 radical (unpaired) electrons. The van der Waals surface area contributed by atoms with Gasteiger partial charge in [-0.1, -0.05) is 26.0 Å². The smallest absolute Gasteiger partial charge is 0.0434 e. The fourth-order valence-corrected chi connectivity index (χ4v) is 3.38. The summed E-state index contributed by atoms with van der Waals surface area (Å²) in [5.74, 6) is 0.647. The summed E-state index contributed by atoms with van der Waals surface area (Å²) >= 11 is 0. The van der Waals surface area contributed by atoms with Gasteiger partial charge in [0.2, 0.25) is 0 Å². The summed E-state index contributed by atoms with van der Waals surface area (Å²) in [6.45, 7) is 7.95. The number of rotatable bonds is 7. The van der Waals surface area contributed by atoms with Gasteiger partial charge in [0.1, 0.15) is 0 Å². The molecule has 3 nitrogen and oxygen atoms in total. The van der Waals surface area contributed by atoms with E-state index in [2.05, 4.69) is 48.3 Å². The molecule has 0 saturated carbocycles. The second kappa shape index (κ2) is 8.40. The molecule has 2 rings (SSSR count). The number of aliphatic hydroxyl groups is 1. The molecule has 3 heteroatoms. The fourth-order valence-electron chi connectivity index (χ4n) is 3.38. The van der Waals surface area contributed by atoms with E-state index in [9.17, 15) is 0 Å². The minimum atomic E-state index is 0.318. The molecule has 1 aromatic rings. The van der Waals surface area contributed by atoms with Crippen molar-refractivity contribution >= 4 is 5.69 Å². The lowest BCUT2D eigenvalue weighted by molar-refractivity contribution is 0.244. The molecule has 1 fully saturated rings. The Labute approximate surface area is 129 Å². The first-order valence-corrected chi connectivity index (χ1v) is 8.47. The third-order valence-corrected chi connectivity index (χ3v) is 4.58. The normalized spacial score (nSPS) is 20.5. The lowest BCUT2D eigenvalue weighted by atomic mass is 9.94. The van der Waals surface area contributed by atoms with E-state index in [0.29, 0.717) is 18.6 Å². The summed E-state index contributed by atoms with van der Waals surface area (Å²) < 4.78 is 0. The average Bonchev–Trinajstić information content (AvgIpc) is 2.53. The molecule has 1 aromatic carbocycles. The van der Waals surface area contributed by atoms with Crippen LogP contribution in [0.1, 0.15) is 51.1 Å². The van der Waals surface area contributed by atoms with Crippen LogP contribution >= 0.6 is 0 Å². The van der Waals surface area contributed by atoms with E-state index >= 15 is 0 Å². The van der Waals surface area contributed by atoms with E-state index in [1.165, 1.54) is 24.1 Å². The first kappa shape index (κ1) is 16.3. The molecule has 2 unspecified atom stereocenters. The van der Waals surface area contributed by atoms with E-state index in [1.54, 1.807) is 0 Å². The third kappa shape index (κ3) is 4.45. The van der Waals surface area contributed by atoms with Gasteiger partial charge in [-0.2, -0.15) is 0 Å². The molecule has 118 valence electrons. The maximum Gasteiger partial charge on any atom is 0.0434 e. The van der Waals surface area contributed by atoms with Gasteiger partial charge in [-0.15, -0.1) is 0 Å². The zero-order chi connectivity index (χ0) is 15.1. The van der Waals surface area contributed by atoms with Crippen molar-refractivity contribution in [1.82, 2.24) is 5.32 Å². The van der Waals surface area contributed by atoms with Crippen molar-refractivity contribution in [3.05, 3.63) is 29.8 Å². The number of aliphatic hydroxyl groups excluding tert-OH is 1. The van der Waals surface area contributed by atoms with Crippen LogP contribution in [-0.2, 0) is 0 Å². The van der Waals surface area contributed by atoms with Crippen molar-refractivity contribution < 1.29 is 5.11 Å². The van der Waals surface area contributed by atoms with Gasteiger partial charge in [0.25, 0.3) is 0 Å². The zero-order valence-electron chi connectivity index (χ0n) is 13.5. The topological polar surface area (TPSA) is 35.5 Å². The van der Waals surface area contributed by atoms with Crippen molar-refractivity contribution in [2.24, 2.45) is 5.92 Å². The second-order valence-electron chi connectivity index (χ2n) is 6.08. The number of nitrogens with zero attached hydrogens (tertiary/aromatic N) is 1. The third-order valence-electron chi connectivity index (χ3n) is 4.58. The van der Waals surface area contributed by atoms with Crippen LogP contribution in [0.2, 0.25) is 0 Å². The Bertz CT molecular complexity index is 402. The summed E-state index contributed by atoms with van der Waals surface area (Å²) in [5.41, 5.74) is 2.71. The van der Waals surface area contributed by atoms with Crippen LogP contribution in [0.15, 0.2) is 24.3 Å². The maximum atomic E-state index is 9.12. The van der Waals surface area contributed by atoms with Crippen LogP contribution in [0, 0.1) is 5.92 Å². The van der Waals surface area contributed by atoms with E-state index in [0.717, 1.165) is 32.5 Å². The Hall–Kier alpha value is -1.06. The summed E-state index contributed by atoms with van der Waals surface area (Å²) in [5, 5.41) is 12.7. The Kier molecular flexibility index (Phi) is 6.52. The highest BCUT2D eigenvalue weighted by Crippen LogP contribution is 2.26. The summed E-state index contributed by atoms with van der Waals surface area (Å²) in [6, 6.07) is 9.52.